The molecule has 19 heavy (non-hydrogen) atoms. The van der Waals surface area contributed by atoms with Crippen LogP contribution in [0.25, 0.3) is 0 Å². The van der Waals surface area contributed by atoms with Gasteiger partial charge in [0.2, 0.25) is 0 Å². The number of aliphatic hydroxyl groups excluding tert-OH is 2. The van der Waals surface area contributed by atoms with E-state index in [0.717, 1.165) is 29.8 Å². The summed E-state index contributed by atoms with van der Waals surface area (Å²) < 4.78 is 0. The number of anilines is 2. The number of hydrogen-bond acceptors (Lipinski definition) is 4. The van der Waals surface area contributed by atoms with Crippen LogP contribution in [0.3, 0.4) is 0 Å². The van der Waals surface area contributed by atoms with Gasteiger partial charge in [-0.15, -0.1) is 0 Å². The van der Waals surface area contributed by atoms with Crippen LogP contribution in [0.15, 0.2) is 18.2 Å². The third-order valence-corrected chi connectivity index (χ3v) is 4.14. The van der Waals surface area contributed by atoms with E-state index in [0.29, 0.717) is 0 Å². The third kappa shape index (κ3) is 2.69. The van der Waals surface area contributed by atoms with Gasteiger partial charge in [-0.25, -0.2) is 0 Å². The molecule has 1 aliphatic heterocycles. The van der Waals surface area contributed by atoms with Gasteiger partial charge >= 0.3 is 0 Å². The Labute approximate surface area is 114 Å². The van der Waals surface area contributed by atoms with Crippen LogP contribution in [0.4, 0.5) is 11.4 Å². The van der Waals surface area contributed by atoms with Crippen molar-refractivity contribution in [3.8, 4) is 0 Å². The Morgan fingerprint density at radius 3 is 2.11 bits per heavy atom. The van der Waals surface area contributed by atoms with Gasteiger partial charge in [0.05, 0.1) is 24.3 Å². The minimum absolute atomic E-state index is 0.0580. The molecule has 4 heteroatoms. The lowest BCUT2D eigenvalue weighted by molar-refractivity contribution is 0.146. The second kappa shape index (κ2) is 5.39. The number of aryl methyl sites for hydroxylation is 1. The minimum Gasteiger partial charge on any atom is -0.399 e. The summed E-state index contributed by atoms with van der Waals surface area (Å²) >= 11 is 0. The van der Waals surface area contributed by atoms with Crippen LogP contribution >= 0.6 is 0 Å². The van der Waals surface area contributed by atoms with Gasteiger partial charge in [0.15, 0.2) is 0 Å². The smallest absolute Gasteiger partial charge is 0.0715 e. The second-order valence-electron chi connectivity index (χ2n) is 5.64. The standard InChI is InChI=1S/C15H24N2O2/c1-9-8-12(4-5-13(9)16)17-14(10(2)18)6-7-15(17)11(3)19/h4-5,8,10-11,14-15,18-19H,6-7,16H2,1-3H3. The van der Waals surface area contributed by atoms with Crippen LogP contribution < -0.4 is 10.6 Å². The fourth-order valence-electron chi connectivity index (χ4n) is 3.02. The molecule has 0 aliphatic carbocycles. The van der Waals surface area contributed by atoms with Crippen molar-refractivity contribution in [2.75, 3.05) is 10.6 Å². The summed E-state index contributed by atoms with van der Waals surface area (Å²) in [6.45, 7) is 5.60. The lowest BCUT2D eigenvalue weighted by Gasteiger charge is -2.35. The van der Waals surface area contributed by atoms with Gasteiger partial charge in [-0.3, -0.25) is 0 Å². The number of nitrogen functional groups attached to an aromatic ring is 1. The Bertz CT molecular complexity index is 430. The molecule has 4 unspecified atom stereocenters. The molecule has 4 atom stereocenters. The van der Waals surface area contributed by atoms with Gasteiger partial charge in [-0.2, -0.15) is 0 Å². The zero-order valence-electron chi connectivity index (χ0n) is 11.9. The van der Waals surface area contributed by atoms with Crippen molar-refractivity contribution in [2.45, 2.75) is 57.9 Å². The van der Waals surface area contributed by atoms with Crippen molar-refractivity contribution < 1.29 is 10.2 Å². The Balaban J connectivity index is 2.37. The fourth-order valence-corrected chi connectivity index (χ4v) is 3.02. The van der Waals surface area contributed by atoms with Crippen molar-refractivity contribution >= 4 is 11.4 Å². The zero-order valence-corrected chi connectivity index (χ0v) is 11.9. The Hall–Kier alpha value is -1.26. The molecule has 1 aliphatic rings. The monoisotopic (exact) mass is 264 g/mol. The van der Waals surface area contributed by atoms with Crippen LogP contribution in [0.1, 0.15) is 32.3 Å². The molecular formula is C15H24N2O2. The molecule has 1 heterocycles. The van der Waals surface area contributed by atoms with Crippen LogP contribution in [0.2, 0.25) is 0 Å². The first-order valence-electron chi connectivity index (χ1n) is 6.92. The first kappa shape index (κ1) is 14.2. The molecule has 0 saturated carbocycles. The first-order chi connectivity index (χ1) is 8.91. The molecule has 2 rings (SSSR count). The average Bonchev–Trinajstić information content (AvgIpc) is 2.77. The number of nitrogens with zero attached hydrogens (tertiary/aromatic N) is 1. The summed E-state index contributed by atoms with van der Waals surface area (Å²) in [6.07, 6.45) is 0.969. The molecule has 0 aromatic heterocycles. The molecule has 0 amide bonds. The maximum absolute atomic E-state index is 9.96. The maximum Gasteiger partial charge on any atom is 0.0715 e. The SMILES string of the molecule is Cc1cc(N2C(C(C)O)CCC2C(C)O)ccc1N. The first-order valence-corrected chi connectivity index (χ1v) is 6.92. The van der Waals surface area contributed by atoms with E-state index in [9.17, 15) is 10.2 Å². The van der Waals surface area contributed by atoms with Crippen LogP contribution in [-0.4, -0.2) is 34.5 Å². The minimum atomic E-state index is -0.415. The quantitative estimate of drug-likeness (QED) is 0.726. The van der Waals surface area contributed by atoms with Crippen molar-refractivity contribution in [1.82, 2.24) is 0 Å². The maximum atomic E-state index is 9.96. The Morgan fingerprint density at radius 1 is 1.16 bits per heavy atom. The molecule has 1 aromatic rings. The molecule has 1 aromatic carbocycles. The van der Waals surface area contributed by atoms with Gasteiger partial charge in [0.1, 0.15) is 0 Å². The normalized spacial score (nSPS) is 26.5. The van der Waals surface area contributed by atoms with Gasteiger partial charge < -0.3 is 20.8 Å². The Kier molecular flexibility index (Phi) is 4.02. The van der Waals surface area contributed by atoms with E-state index in [2.05, 4.69) is 4.90 Å². The predicted octanol–water partition coefficient (Wildman–Crippen LogP) is 1.68. The van der Waals surface area contributed by atoms with E-state index in [1.54, 1.807) is 0 Å². The van der Waals surface area contributed by atoms with E-state index >= 15 is 0 Å². The number of rotatable bonds is 3. The number of hydrogen-bond donors (Lipinski definition) is 3. The second-order valence-corrected chi connectivity index (χ2v) is 5.64. The van der Waals surface area contributed by atoms with Gasteiger partial charge in [-0.1, -0.05) is 0 Å². The fraction of sp³-hybridized carbons (Fsp3) is 0.600. The largest absolute Gasteiger partial charge is 0.399 e. The summed E-state index contributed by atoms with van der Waals surface area (Å²) in [4.78, 5) is 2.15. The van der Waals surface area contributed by atoms with E-state index in [4.69, 9.17) is 5.73 Å². The summed E-state index contributed by atoms with van der Waals surface area (Å²) in [5, 5.41) is 19.9. The number of benzene rings is 1. The molecular weight excluding hydrogens is 240 g/mol. The summed E-state index contributed by atoms with van der Waals surface area (Å²) in [5.41, 5.74) is 8.68. The summed E-state index contributed by atoms with van der Waals surface area (Å²) in [6, 6.07) is 6.01. The Morgan fingerprint density at radius 2 is 1.68 bits per heavy atom. The number of nitrogens with two attached hydrogens (primary N) is 1. The lowest BCUT2D eigenvalue weighted by Crippen LogP contribution is -2.46. The molecule has 0 radical (unpaired) electrons. The van der Waals surface area contributed by atoms with E-state index in [1.807, 2.05) is 39.0 Å². The average molecular weight is 264 g/mol. The molecule has 0 bridgehead atoms. The van der Waals surface area contributed by atoms with Gasteiger partial charge in [-0.05, 0) is 57.4 Å². The lowest BCUT2D eigenvalue weighted by atomic mass is 10.1. The highest BCUT2D eigenvalue weighted by Crippen LogP contribution is 2.35. The van der Waals surface area contributed by atoms with Gasteiger partial charge in [0, 0.05) is 11.4 Å². The predicted molar refractivity (Wildman–Crippen MR) is 78.2 cm³/mol. The van der Waals surface area contributed by atoms with E-state index < -0.39 is 12.2 Å². The van der Waals surface area contributed by atoms with Crippen molar-refractivity contribution in [3.05, 3.63) is 23.8 Å². The van der Waals surface area contributed by atoms with Crippen molar-refractivity contribution in [3.63, 3.8) is 0 Å². The van der Waals surface area contributed by atoms with Crippen LogP contribution in [0, 0.1) is 6.92 Å². The molecule has 4 N–H and O–H groups in total. The van der Waals surface area contributed by atoms with Crippen molar-refractivity contribution in [1.29, 1.82) is 0 Å². The molecule has 4 nitrogen and oxygen atoms in total. The molecule has 106 valence electrons. The summed E-state index contributed by atoms with van der Waals surface area (Å²) in [5.74, 6) is 0. The van der Waals surface area contributed by atoms with Crippen molar-refractivity contribution in [2.24, 2.45) is 0 Å². The highest BCUT2D eigenvalue weighted by Gasteiger charge is 2.38. The number of aliphatic hydroxyl groups is 2. The van der Waals surface area contributed by atoms with Crippen LogP contribution in [-0.2, 0) is 0 Å². The topological polar surface area (TPSA) is 69.7 Å². The molecule has 0 spiro atoms. The van der Waals surface area contributed by atoms with E-state index in [-0.39, 0.29) is 12.1 Å². The van der Waals surface area contributed by atoms with Crippen LogP contribution in [0.5, 0.6) is 0 Å². The van der Waals surface area contributed by atoms with Gasteiger partial charge in [0.25, 0.3) is 0 Å². The molecule has 1 saturated heterocycles. The molecule has 1 fully saturated rings. The zero-order chi connectivity index (χ0) is 14.2. The third-order valence-electron chi connectivity index (χ3n) is 4.14. The summed E-state index contributed by atoms with van der Waals surface area (Å²) in [7, 11) is 0. The van der Waals surface area contributed by atoms with E-state index in [1.165, 1.54) is 0 Å². The highest BCUT2D eigenvalue weighted by atomic mass is 16.3. The highest BCUT2D eigenvalue weighted by molar-refractivity contribution is 5.59.